The van der Waals surface area contributed by atoms with E-state index >= 15 is 0 Å². The summed E-state index contributed by atoms with van der Waals surface area (Å²) in [6, 6.07) is 0. The van der Waals surface area contributed by atoms with E-state index in [-0.39, 0.29) is 5.41 Å². The van der Waals surface area contributed by atoms with Gasteiger partial charge in [-0.2, -0.15) is 0 Å². The molecule has 90 valence electrons. The molecule has 0 aromatic carbocycles. The zero-order valence-corrected chi connectivity index (χ0v) is 10.3. The number of carboxylic acids is 1. The van der Waals surface area contributed by atoms with Crippen LogP contribution in [0.3, 0.4) is 0 Å². The molecule has 15 heavy (non-hydrogen) atoms. The molecule has 0 heterocycles. The first-order valence-electron chi connectivity index (χ1n) is 5.24. The second kappa shape index (κ2) is 4.94. The third-order valence-electron chi connectivity index (χ3n) is 2.30. The van der Waals surface area contributed by atoms with E-state index in [0.717, 1.165) is 0 Å². The largest absolute Gasteiger partial charge is 0.481 e. The van der Waals surface area contributed by atoms with Gasteiger partial charge in [0.15, 0.2) is 0 Å². The second-order valence-corrected chi connectivity index (χ2v) is 6.01. The van der Waals surface area contributed by atoms with E-state index in [9.17, 15) is 4.79 Å². The smallest absolute Gasteiger partial charge is 0.306 e. The van der Waals surface area contributed by atoms with Crippen molar-refractivity contribution in [2.75, 3.05) is 0 Å². The molecule has 0 spiro atoms. The summed E-state index contributed by atoms with van der Waals surface area (Å²) in [5.74, 6) is -1.16. The Morgan fingerprint density at radius 2 is 1.73 bits per heavy atom. The first-order valence-corrected chi connectivity index (χ1v) is 5.24. The number of rotatable bonds is 5. The van der Waals surface area contributed by atoms with Gasteiger partial charge in [-0.05, 0) is 32.1 Å². The molecular weight excluding hydrogens is 194 g/mol. The van der Waals surface area contributed by atoms with E-state index in [1.54, 1.807) is 0 Å². The van der Waals surface area contributed by atoms with Gasteiger partial charge in [0.1, 0.15) is 0 Å². The molecule has 4 heteroatoms. The van der Waals surface area contributed by atoms with Gasteiger partial charge in [0.25, 0.3) is 0 Å². The lowest BCUT2D eigenvalue weighted by Crippen LogP contribution is -2.40. The average molecular weight is 218 g/mol. The monoisotopic (exact) mass is 218 g/mol. The van der Waals surface area contributed by atoms with Crippen LogP contribution in [-0.2, 0) is 4.79 Å². The minimum Gasteiger partial charge on any atom is -0.481 e. The molecule has 4 nitrogen and oxygen atoms in total. The van der Waals surface area contributed by atoms with E-state index in [4.69, 9.17) is 10.3 Å². The molecule has 0 fully saturated rings. The Balaban J connectivity index is 4.50. The normalized spacial score (nSPS) is 15.1. The zero-order valence-electron chi connectivity index (χ0n) is 10.3. The third-order valence-corrected chi connectivity index (χ3v) is 2.30. The van der Waals surface area contributed by atoms with Crippen molar-refractivity contribution in [1.82, 2.24) is 5.48 Å². The number of carboxylic acid groups (broad SMARTS) is 1. The Morgan fingerprint density at radius 1 is 1.27 bits per heavy atom. The lowest BCUT2D eigenvalue weighted by Gasteiger charge is -2.28. The van der Waals surface area contributed by atoms with Crippen LogP contribution < -0.4 is 5.48 Å². The highest BCUT2D eigenvalue weighted by molar-refractivity contribution is 5.70. The first-order chi connectivity index (χ1) is 6.57. The Hall–Kier alpha value is -0.610. The number of hydroxylamine groups is 1. The fourth-order valence-electron chi connectivity index (χ4n) is 1.65. The lowest BCUT2D eigenvalue weighted by molar-refractivity contribution is -0.144. The standard InChI is InChI=1S/C11H23NO3/c1-10(2,3)6-8(9(13)14)7-11(4,5)12-15/h8,12,15H,6-7H2,1-5H3,(H,13,14)/p+1. The van der Waals surface area contributed by atoms with E-state index in [1.807, 2.05) is 34.6 Å². The second-order valence-electron chi connectivity index (χ2n) is 6.01. The van der Waals surface area contributed by atoms with Crippen LogP contribution in [0.4, 0.5) is 0 Å². The summed E-state index contributed by atoms with van der Waals surface area (Å²) in [5, 5.41) is 16.2. The van der Waals surface area contributed by atoms with Gasteiger partial charge >= 0.3 is 5.97 Å². The maximum atomic E-state index is 11.1. The van der Waals surface area contributed by atoms with Crippen molar-refractivity contribution < 1.29 is 15.1 Å². The molecule has 0 amide bonds. The SMILES string of the molecule is CC(C)(C)CC(CC(C)(C)N[OH2+])C(=O)O. The van der Waals surface area contributed by atoms with Crippen LogP contribution in [0.1, 0.15) is 47.5 Å². The van der Waals surface area contributed by atoms with E-state index in [0.29, 0.717) is 12.8 Å². The van der Waals surface area contributed by atoms with Crippen molar-refractivity contribution in [2.45, 2.75) is 53.0 Å². The van der Waals surface area contributed by atoms with E-state index in [2.05, 4.69) is 5.48 Å². The van der Waals surface area contributed by atoms with Crippen molar-refractivity contribution in [3.63, 3.8) is 0 Å². The summed E-state index contributed by atoms with van der Waals surface area (Å²) >= 11 is 0. The molecule has 1 atom stereocenters. The molecule has 0 aliphatic rings. The van der Waals surface area contributed by atoms with Crippen LogP contribution in [0.5, 0.6) is 0 Å². The predicted octanol–water partition coefficient (Wildman–Crippen LogP) is 1.52. The number of hydrogen-bond acceptors (Lipinski definition) is 2. The van der Waals surface area contributed by atoms with Crippen molar-refractivity contribution in [3.05, 3.63) is 0 Å². The highest BCUT2D eigenvalue weighted by Gasteiger charge is 2.31. The number of hydrogen-bond donors (Lipinski definition) is 2. The number of carbonyl (C=O) groups is 1. The Labute approximate surface area is 91.6 Å². The van der Waals surface area contributed by atoms with Gasteiger partial charge in [0.05, 0.1) is 11.5 Å². The molecule has 4 N–H and O–H groups in total. The van der Waals surface area contributed by atoms with Crippen LogP contribution in [0.25, 0.3) is 0 Å². The van der Waals surface area contributed by atoms with E-state index < -0.39 is 17.4 Å². The quantitative estimate of drug-likeness (QED) is 0.543. The maximum Gasteiger partial charge on any atom is 0.306 e. The van der Waals surface area contributed by atoms with E-state index in [1.165, 1.54) is 0 Å². The minimum atomic E-state index is -0.770. The Bertz CT molecular complexity index is 218. The van der Waals surface area contributed by atoms with Gasteiger partial charge in [-0.15, -0.1) is 0 Å². The van der Waals surface area contributed by atoms with Crippen LogP contribution in [0, 0.1) is 11.3 Å². The summed E-state index contributed by atoms with van der Waals surface area (Å²) in [4.78, 5) is 11.1. The fourth-order valence-corrected chi connectivity index (χ4v) is 1.65. The van der Waals surface area contributed by atoms with Crippen molar-refractivity contribution in [3.8, 4) is 0 Å². The first kappa shape index (κ1) is 14.4. The van der Waals surface area contributed by atoms with Gasteiger partial charge in [-0.3, -0.25) is 4.79 Å². The lowest BCUT2D eigenvalue weighted by atomic mass is 9.79. The minimum absolute atomic E-state index is 0.00115. The third kappa shape index (κ3) is 6.47. The van der Waals surface area contributed by atoms with Crippen molar-refractivity contribution in [2.24, 2.45) is 11.3 Å². The van der Waals surface area contributed by atoms with Gasteiger partial charge in [0, 0.05) is 0 Å². The van der Waals surface area contributed by atoms with Crippen LogP contribution in [-0.4, -0.2) is 21.8 Å². The number of nitrogens with one attached hydrogen (secondary N) is 1. The fraction of sp³-hybridized carbons (Fsp3) is 0.909. The Kier molecular flexibility index (Phi) is 4.74. The molecule has 1 unspecified atom stereocenters. The summed E-state index contributed by atoms with van der Waals surface area (Å²) in [5.41, 5.74) is 1.95. The molecule has 0 aliphatic heterocycles. The van der Waals surface area contributed by atoms with Gasteiger partial charge in [-0.1, -0.05) is 26.3 Å². The Morgan fingerprint density at radius 3 is 2.00 bits per heavy atom. The summed E-state index contributed by atoms with van der Waals surface area (Å²) in [7, 11) is 0. The predicted molar refractivity (Wildman–Crippen MR) is 60.6 cm³/mol. The number of aliphatic carboxylic acids is 1. The topological polar surface area (TPSA) is 72.2 Å². The molecule has 0 bridgehead atoms. The zero-order chi connectivity index (χ0) is 12.3. The molecular formula is C11H24NO3+. The molecule has 0 aliphatic carbocycles. The summed E-state index contributed by atoms with van der Waals surface area (Å²) in [6.45, 7) is 9.79. The van der Waals surface area contributed by atoms with Crippen LogP contribution >= 0.6 is 0 Å². The molecule has 0 rings (SSSR count). The highest BCUT2D eigenvalue weighted by Crippen LogP contribution is 2.29. The van der Waals surface area contributed by atoms with Gasteiger partial charge in [0.2, 0.25) is 0 Å². The molecule has 0 aromatic heterocycles. The van der Waals surface area contributed by atoms with Crippen LogP contribution in [0.15, 0.2) is 0 Å². The molecule has 0 radical (unpaired) electrons. The van der Waals surface area contributed by atoms with Crippen molar-refractivity contribution >= 4 is 5.97 Å². The molecule has 0 saturated heterocycles. The van der Waals surface area contributed by atoms with Gasteiger partial charge in [-0.25, -0.2) is 0 Å². The summed E-state index contributed by atoms with van der Waals surface area (Å²) < 4.78 is 0. The highest BCUT2D eigenvalue weighted by atomic mass is 16.5. The molecule has 0 saturated carbocycles. The van der Waals surface area contributed by atoms with Crippen LogP contribution in [0.2, 0.25) is 0 Å². The van der Waals surface area contributed by atoms with Gasteiger partial charge < -0.3 is 10.3 Å². The molecule has 0 aromatic rings. The summed E-state index contributed by atoms with van der Waals surface area (Å²) in [6.07, 6.45) is 1.11. The maximum absolute atomic E-state index is 11.1. The average Bonchev–Trinajstić information content (AvgIpc) is 2.00. The van der Waals surface area contributed by atoms with Crippen molar-refractivity contribution in [1.29, 1.82) is 0 Å².